The topological polar surface area (TPSA) is 66.2 Å². The second kappa shape index (κ2) is 10.8. The van der Waals surface area contributed by atoms with Gasteiger partial charge in [-0.1, -0.05) is 67.6 Å². The lowest BCUT2D eigenvalue weighted by Crippen LogP contribution is -2.21. The summed E-state index contributed by atoms with van der Waals surface area (Å²) in [6.07, 6.45) is 2.19. The summed E-state index contributed by atoms with van der Waals surface area (Å²) in [7, 11) is 1.64. The molecule has 1 aromatic heterocycles. The van der Waals surface area contributed by atoms with Crippen molar-refractivity contribution in [2.45, 2.75) is 43.5 Å². The van der Waals surface area contributed by atoms with Crippen LogP contribution >= 0.6 is 11.8 Å². The van der Waals surface area contributed by atoms with Crippen molar-refractivity contribution in [3.63, 3.8) is 0 Å². The number of ether oxygens (including phenoxy) is 2. The Hall–Kier alpha value is -2.80. The van der Waals surface area contributed by atoms with Gasteiger partial charge in [0.05, 0.1) is 19.4 Å². The van der Waals surface area contributed by atoms with E-state index in [-0.39, 0.29) is 11.2 Å². The molecule has 0 aliphatic carbocycles. The molecule has 6 nitrogen and oxygen atoms in total. The molecule has 0 aliphatic rings. The first-order chi connectivity index (χ1) is 14.7. The number of carbonyl (C=O) groups excluding carboxylic acids is 1. The van der Waals surface area contributed by atoms with Gasteiger partial charge in [0.15, 0.2) is 5.16 Å². The van der Waals surface area contributed by atoms with Gasteiger partial charge in [-0.25, -0.2) is 0 Å². The molecular formula is C23H27N3O3S. The van der Waals surface area contributed by atoms with Gasteiger partial charge in [0, 0.05) is 6.42 Å². The molecular weight excluding hydrogens is 398 g/mol. The molecule has 3 rings (SSSR count). The van der Waals surface area contributed by atoms with Crippen LogP contribution in [0.25, 0.3) is 5.69 Å². The highest BCUT2D eigenvalue weighted by molar-refractivity contribution is 8.00. The molecule has 0 fully saturated rings. The maximum Gasteiger partial charge on any atom is 0.319 e. The molecule has 0 saturated heterocycles. The number of hydrogen-bond donors (Lipinski definition) is 0. The van der Waals surface area contributed by atoms with Crippen molar-refractivity contribution in [1.82, 2.24) is 14.8 Å². The van der Waals surface area contributed by atoms with Crippen LogP contribution < -0.4 is 4.74 Å². The number of methoxy groups -OCH3 is 1. The minimum absolute atomic E-state index is 0.219. The summed E-state index contributed by atoms with van der Waals surface area (Å²) in [6.45, 7) is 4.23. The van der Waals surface area contributed by atoms with Crippen molar-refractivity contribution in [3.05, 3.63) is 66.0 Å². The number of para-hydroxylation sites is 2. The zero-order valence-electron chi connectivity index (χ0n) is 17.6. The largest absolute Gasteiger partial charge is 0.495 e. The van der Waals surface area contributed by atoms with E-state index >= 15 is 0 Å². The minimum atomic E-state index is -0.336. The van der Waals surface area contributed by atoms with Crippen molar-refractivity contribution < 1.29 is 14.3 Å². The molecule has 0 aliphatic heterocycles. The lowest BCUT2D eigenvalue weighted by molar-refractivity contribution is -0.142. The van der Waals surface area contributed by atoms with Crippen LogP contribution in [0.15, 0.2) is 59.8 Å². The molecule has 1 atom stereocenters. The van der Waals surface area contributed by atoms with Gasteiger partial charge >= 0.3 is 5.97 Å². The van der Waals surface area contributed by atoms with Gasteiger partial charge in [-0.3, -0.25) is 9.36 Å². The third-order valence-corrected chi connectivity index (χ3v) is 5.77. The Balaban J connectivity index is 2.03. The summed E-state index contributed by atoms with van der Waals surface area (Å²) in [6, 6.07) is 17.9. The van der Waals surface area contributed by atoms with Crippen LogP contribution in [-0.2, 0) is 16.0 Å². The Morgan fingerprint density at radius 3 is 2.50 bits per heavy atom. The third-order valence-electron chi connectivity index (χ3n) is 4.58. The minimum Gasteiger partial charge on any atom is -0.495 e. The van der Waals surface area contributed by atoms with E-state index in [2.05, 4.69) is 29.3 Å². The third kappa shape index (κ3) is 5.21. The van der Waals surface area contributed by atoms with Crippen molar-refractivity contribution in [3.8, 4) is 11.4 Å². The van der Waals surface area contributed by atoms with Crippen LogP contribution in [0.5, 0.6) is 5.75 Å². The van der Waals surface area contributed by atoms with E-state index in [9.17, 15) is 4.79 Å². The van der Waals surface area contributed by atoms with E-state index in [1.807, 2.05) is 54.0 Å². The van der Waals surface area contributed by atoms with Crippen LogP contribution in [0.1, 0.15) is 38.1 Å². The molecule has 0 spiro atoms. The Kier molecular flexibility index (Phi) is 7.90. The number of benzene rings is 2. The van der Waals surface area contributed by atoms with Gasteiger partial charge in [0.2, 0.25) is 0 Å². The standard InChI is InChI=1S/C23H27N3O3S/c1-4-11-20(22(27)29-5-2)30-23-25-24-21(16-17-12-7-6-8-13-17)26(23)18-14-9-10-15-19(18)28-3/h6-10,12-15,20H,4-5,11,16H2,1-3H3. The van der Waals surface area contributed by atoms with Gasteiger partial charge in [0.25, 0.3) is 0 Å². The van der Waals surface area contributed by atoms with E-state index in [1.54, 1.807) is 7.11 Å². The lowest BCUT2D eigenvalue weighted by atomic mass is 10.1. The molecule has 0 bridgehead atoms. The van der Waals surface area contributed by atoms with E-state index in [0.717, 1.165) is 29.2 Å². The first-order valence-corrected chi connectivity index (χ1v) is 11.0. The summed E-state index contributed by atoms with van der Waals surface area (Å²) in [5.74, 6) is 1.28. The monoisotopic (exact) mass is 425 g/mol. The van der Waals surface area contributed by atoms with E-state index in [0.29, 0.717) is 24.6 Å². The van der Waals surface area contributed by atoms with E-state index in [1.165, 1.54) is 11.8 Å². The van der Waals surface area contributed by atoms with Gasteiger partial charge in [0.1, 0.15) is 16.8 Å². The molecule has 30 heavy (non-hydrogen) atoms. The van der Waals surface area contributed by atoms with Crippen LogP contribution in [-0.4, -0.2) is 39.7 Å². The molecule has 158 valence electrons. The number of carbonyl (C=O) groups is 1. The molecule has 1 heterocycles. The van der Waals surface area contributed by atoms with Gasteiger partial charge in [-0.2, -0.15) is 0 Å². The normalized spacial score (nSPS) is 11.8. The number of esters is 1. The van der Waals surface area contributed by atoms with Crippen LogP contribution in [0.2, 0.25) is 0 Å². The average molecular weight is 426 g/mol. The Bertz CT molecular complexity index is 959. The smallest absolute Gasteiger partial charge is 0.319 e. The number of nitrogens with zero attached hydrogens (tertiary/aromatic N) is 3. The Morgan fingerprint density at radius 1 is 1.07 bits per heavy atom. The molecule has 0 radical (unpaired) electrons. The fourth-order valence-electron chi connectivity index (χ4n) is 3.18. The molecule has 0 amide bonds. The number of aromatic nitrogens is 3. The first kappa shape index (κ1) is 21.9. The van der Waals surface area contributed by atoms with Gasteiger partial charge < -0.3 is 9.47 Å². The maximum absolute atomic E-state index is 12.5. The van der Waals surface area contributed by atoms with Crippen LogP contribution in [0.4, 0.5) is 0 Å². The zero-order valence-corrected chi connectivity index (χ0v) is 18.4. The van der Waals surface area contributed by atoms with Crippen molar-refractivity contribution >= 4 is 17.7 Å². The first-order valence-electron chi connectivity index (χ1n) is 10.1. The number of rotatable bonds is 10. The second-order valence-corrected chi connectivity index (χ2v) is 7.89. The quantitative estimate of drug-likeness (QED) is 0.347. The van der Waals surface area contributed by atoms with E-state index < -0.39 is 0 Å². The molecule has 2 aromatic carbocycles. The van der Waals surface area contributed by atoms with Crippen molar-refractivity contribution in [1.29, 1.82) is 0 Å². The van der Waals surface area contributed by atoms with Gasteiger partial charge in [-0.15, -0.1) is 10.2 Å². The maximum atomic E-state index is 12.5. The SMILES string of the molecule is CCCC(Sc1nnc(Cc2ccccc2)n1-c1ccccc1OC)C(=O)OCC. The van der Waals surface area contributed by atoms with Crippen molar-refractivity contribution in [2.75, 3.05) is 13.7 Å². The lowest BCUT2D eigenvalue weighted by Gasteiger charge is -2.17. The average Bonchev–Trinajstić information content (AvgIpc) is 3.16. The zero-order chi connectivity index (χ0) is 21.3. The highest BCUT2D eigenvalue weighted by Gasteiger charge is 2.26. The Labute approximate surface area is 181 Å². The molecule has 0 saturated carbocycles. The molecule has 1 unspecified atom stereocenters. The molecule has 7 heteroatoms. The fraction of sp³-hybridized carbons (Fsp3) is 0.348. The summed E-state index contributed by atoms with van der Waals surface area (Å²) < 4.78 is 12.9. The Morgan fingerprint density at radius 2 is 1.80 bits per heavy atom. The van der Waals surface area contributed by atoms with E-state index in [4.69, 9.17) is 9.47 Å². The molecule has 3 aromatic rings. The predicted molar refractivity (Wildman–Crippen MR) is 118 cm³/mol. The summed E-state index contributed by atoms with van der Waals surface area (Å²) in [4.78, 5) is 12.5. The molecule has 0 N–H and O–H groups in total. The number of thioether (sulfide) groups is 1. The summed E-state index contributed by atoms with van der Waals surface area (Å²) in [5, 5.41) is 9.22. The van der Waals surface area contributed by atoms with Crippen molar-refractivity contribution in [2.24, 2.45) is 0 Å². The highest BCUT2D eigenvalue weighted by atomic mass is 32.2. The van der Waals surface area contributed by atoms with Gasteiger partial charge in [-0.05, 0) is 31.0 Å². The fourth-order valence-corrected chi connectivity index (χ4v) is 4.34. The van der Waals surface area contributed by atoms with Crippen LogP contribution in [0.3, 0.4) is 0 Å². The summed E-state index contributed by atoms with van der Waals surface area (Å²) in [5.41, 5.74) is 1.98. The second-order valence-electron chi connectivity index (χ2n) is 6.72. The highest BCUT2D eigenvalue weighted by Crippen LogP contribution is 2.32. The summed E-state index contributed by atoms with van der Waals surface area (Å²) >= 11 is 1.39. The van der Waals surface area contributed by atoms with Crippen LogP contribution in [0, 0.1) is 0 Å². The predicted octanol–water partition coefficient (Wildman–Crippen LogP) is 4.69. The number of hydrogen-bond acceptors (Lipinski definition) is 6.